The first-order valence-corrected chi connectivity index (χ1v) is 6.70. The van der Waals surface area contributed by atoms with Crippen molar-refractivity contribution in [2.24, 2.45) is 7.05 Å². The van der Waals surface area contributed by atoms with Crippen molar-refractivity contribution in [2.75, 3.05) is 0 Å². The Hall–Kier alpha value is -1.13. The Morgan fingerprint density at radius 2 is 2.18 bits per heavy atom. The molecule has 2 rings (SSSR count). The Kier molecular flexibility index (Phi) is 3.64. The predicted octanol–water partition coefficient (Wildman–Crippen LogP) is 2.96. The van der Waals surface area contributed by atoms with Crippen LogP contribution in [0.3, 0.4) is 0 Å². The van der Waals surface area contributed by atoms with Gasteiger partial charge in [0, 0.05) is 41.1 Å². The molecule has 0 amide bonds. The summed E-state index contributed by atoms with van der Waals surface area (Å²) in [4.78, 5) is 2.67. The highest BCUT2D eigenvalue weighted by Crippen LogP contribution is 2.29. The average Bonchev–Trinajstić information content (AvgIpc) is 2.82. The zero-order valence-electron chi connectivity index (χ0n) is 10.8. The molecule has 0 aliphatic rings. The van der Waals surface area contributed by atoms with E-state index in [1.54, 1.807) is 0 Å². The molecule has 0 saturated carbocycles. The molecule has 0 bridgehead atoms. The van der Waals surface area contributed by atoms with Crippen LogP contribution in [0, 0.1) is 6.92 Å². The summed E-state index contributed by atoms with van der Waals surface area (Å²) in [6.07, 6.45) is 2.08. The maximum absolute atomic E-state index is 4.38. The number of hydrogen-bond acceptors (Lipinski definition) is 3. The van der Waals surface area contributed by atoms with Crippen molar-refractivity contribution in [1.29, 1.82) is 0 Å². The van der Waals surface area contributed by atoms with Crippen molar-refractivity contribution in [3.63, 3.8) is 0 Å². The molecule has 17 heavy (non-hydrogen) atoms. The summed E-state index contributed by atoms with van der Waals surface area (Å²) in [5.41, 5.74) is 2.34. The van der Waals surface area contributed by atoms with Crippen LogP contribution in [-0.2, 0) is 13.6 Å². The van der Waals surface area contributed by atoms with Gasteiger partial charge in [-0.25, -0.2) is 0 Å². The van der Waals surface area contributed by atoms with E-state index < -0.39 is 0 Å². The lowest BCUT2D eigenvalue weighted by molar-refractivity contribution is 0.593. The van der Waals surface area contributed by atoms with E-state index in [2.05, 4.69) is 49.5 Å². The van der Waals surface area contributed by atoms with Gasteiger partial charge in [0.15, 0.2) is 0 Å². The Balaban J connectivity index is 2.15. The van der Waals surface area contributed by atoms with E-state index in [1.165, 1.54) is 15.3 Å². The number of thiophene rings is 1. The molecule has 0 spiro atoms. The van der Waals surface area contributed by atoms with Crippen LogP contribution in [0.25, 0.3) is 10.4 Å². The third kappa shape index (κ3) is 2.96. The minimum absolute atomic E-state index is 0.528. The van der Waals surface area contributed by atoms with E-state index in [1.807, 2.05) is 23.1 Å². The lowest BCUT2D eigenvalue weighted by Gasteiger charge is -2.05. The summed E-state index contributed by atoms with van der Waals surface area (Å²) in [7, 11) is 1.96. The first-order chi connectivity index (χ1) is 8.06. The van der Waals surface area contributed by atoms with Crippen LogP contribution in [0.2, 0.25) is 0 Å². The Morgan fingerprint density at radius 3 is 2.76 bits per heavy atom. The molecule has 0 aliphatic carbocycles. The Labute approximate surface area is 106 Å². The Morgan fingerprint density at radius 1 is 1.41 bits per heavy atom. The number of rotatable bonds is 4. The third-order valence-electron chi connectivity index (χ3n) is 2.63. The summed E-state index contributed by atoms with van der Waals surface area (Å²) >= 11 is 1.84. The fraction of sp³-hybridized carbons (Fsp3) is 0.462. The van der Waals surface area contributed by atoms with Gasteiger partial charge in [0.1, 0.15) is 0 Å². The molecule has 0 aromatic carbocycles. The van der Waals surface area contributed by atoms with Gasteiger partial charge in [-0.15, -0.1) is 11.3 Å². The van der Waals surface area contributed by atoms with Crippen LogP contribution in [0.5, 0.6) is 0 Å². The molecule has 92 valence electrons. The normalized spacial score (nSPS) is 11.4. The van der Waals surface area contributed by atoms with Gasteiger partial charge in [0.05, 0.1) is 5.69 Å². The van der Waals surface area contributed by atoms with E-state index in [0.717, 1.165) is 12.2 Å². The monoisotopic (exact) mass is 249 g/mol. The number of aromatic nitrogens is 2. The Bertz CT molecular complexity index is 496. The number of nitrogens with one attached hydrogen (secondary N) is 1. The van der Waals surface area contributed by atoms with Crippen LogP contribution in [0.1, 0.15) is 24.4 Å². The van der Waals surface area contributed by atoms with Gasteiger partial charge < -0.3 is 5.32 Å². The number of aryl methyl sites for hydroxylation is 2. The maximum Gasteiger partial charge on any atom is 0.0680 e. The highest BCUT2D eigenvalue weighted by molar-refractivity contribution is 7.15. The summed E-state index contributed by atoms with van der Waals surface area (Å²) in [5, 5.41) is 7.81. The second kappa shape index (κ2) is 5.02. The standard InChI is InChI=1S/C13H19N3S/c1-9(2)14-7-11-5-6-13(17-11)12-8-16(4)15-10(12)3/h5-6,8-9,14H,7H2,1-4H3. The van der Waals surface area contributed by atoms with Crippen LogP contribution in [0.15, 0.2) is 18.3 Å². The van der Waals surface area contributed by atoms with E-state index in [-0.39, 0.29) is 0 Å². The summed E-state index contributed by atoms with van der Waals surface area (Å²) in [6, 6.07) is 4.91. The van der Waals surface area contributed by atoms with Crippen molar-refractivity contribution >= 4 is 11.3 Å². The lowest BCUT2D eigenvalue weighted by atomic mass is 10.2. The molecule has 2 heterocycles. The minimum Gasteiger partial charge on any atom is -0.310 e. The lowest BCUT2D eigenvalue weighted by Crippen LogP contribution is -2.21. The molecular formula is C13H19N3S. The SMILES string of the molecule is Cc1nn(C)cc1-c1ccc(CNC(C)C)s1. The van der Waals surface area contributed by atoms with E-state index in [9.17, 15) is 0 Å². The molecule has 3 nitrogen and oxygen atoms in total. The van der Waals surface area contributed by atoms with Gasteiger partial charge >= 0.3 is 0 Å². The molecule has 0 radical (unpaired) electrons. The smallest absolute Gasteiger partial charge is 0.0680 e. The van der Waals surface area contributed by atoms with E-state index >= 15 is 0 Å². The number of hydrogen-bond donors (Lipinski definition) is 1. The third-order valence-corrected chi connectivity index (χ3v) is 3.74. The van der Waals surface area contributed by atoms with Gasteiger partial charge in [-0.2, -0.15) is 5.10 Å². The van der Waals surface area contributed by atoms with Gasteiger partial charge in [-0.1, -0.05) is 13.8 Å². The zero-order valence-corrected chi connectivity index (χ0v) is 11.6. The molecule has 4 heteroatoms. The van der Waals surface area contributed by atoms with Crippen molar-refractivity contribution in [2.45, 2.75) is 33.4 Å². The molecule has 0 aliphatic heterocycles. The molecular weight excluding hydrogens is 230 g/mol. The van der Waals surface area contributed by atoms with Gasteiger partial charge in [-0.3, -0.25) is 4.68 Å². The zero-order chi connectivity index (χ0) is 12.4. The fourth-order valence-corrected chi connectivity index (χ4v) is 2.78. The van der Waals surface area contributed by atoms with Crippen LogP contribution in [0.4, 0.5) is 0 Å². The number of nitrogens with zero attached hydrogens (tertiary/aromatic N) is 2. The quantitative estimate of drug-likeness (QED) is 0.903. The van der Waals surface area contributed by atoms with Crippen molar-refractivity contribution in [3.05, 3.63) is 28.9 Å². The molecule has 0 fully saturated rings. The second-order valence-electron chi connectivity index (χ2n) is 4.60. The van der Waals surface area contributed by atoms with E-state index in [0.29, 0.717) is 6.04 Å². The average molecular weight is 249 g/mol. The van der Waals surface area contributed by atoms with Gasteiger partial charge in [0.2, 0.25) is 0 Å². The maximum atomic E-state index is 4.38. The van der Waals surface area contributed by atoms with Crippen LogP contribution < -0.4 is 5.32 Å². The van der Waals surface area contributed by atoms with Crippen molar-refractivity contribution in [1.82, 2.24) is 15.1 Å². The highest BCUT2D eigenvalue weighted by Gasteiger charge is 2.08. The summed E-state index contributed by atoms with van der Waals surface area (Å²) < 4.78 is 1.87. The largest absolute Gasteiger partial charge is 0.310 e. The van der Waals surface area contributed by atoms with Gasteiger partial charge in [-0.05, 0) is 19.1 Å². The molecule has 1 N–H and O–H groups in total. The van der Waals surface area contributed by atoms with Crippen molar-refractivity contribution in [3.8, 4) is 10.4 Å². The molecule has 0 atom stereocenters. The van der Waals surface area contributed by atoms with Crippen LogP contribution >= 0.6 is 11.3 Å². The molecule has 2 aromatic rings. The highest BCUT2D eigenvalue weighted by atomic mass is 32.1. The fourth-order valence-electron chi connectivity index (χ4n) is 1.76. The summed E-state index contributed by atoms with van der Waals surface area (Å²) in [5.74, 6) is 0. The minimum atomic E-state index is 0.528. The predicted molar refractivity (Wildman–Crippen MR) is 73.2 cm³/mol. The first-order valence-electron chi connectivity index (χ1n) is 5.89. The van der Waals surface area contributed by atoms with E-state index in [4.69, 9.17) is 0 Å². The molecule has 2 aromatic heterocycles. The molecule has 0 unspecified atom stereocenters. The second-order valence-corrected chi connectivity index (χ2v) is 5.77. The van der Waals surface area contributed by atoms with Crippen molar-refractivity contribution < 1.29 is 0 Å². The van der Waals surface area contributed by atoms with Crippen LogP contribution in [-0.4, -0.2) is 15.8 Å². The topological polar surface area (TPSA) is 29.9 Å². The first kappa shape index (κ1) is 12.3. The van der Waals surface area contributed by atoms with Gasteiger partial charge in [0.25, 0.3) is 0 Å². The molecule has 0 saturated heterocycles. The summed E-state index contributed by atoms with van der Waals surface area (Å²) in [6.45, 7) is 7.34.